The molecule has 0 atom stereocenters. The van der Waals surface area contributed by atoms with E-state index in [9.17, 15) is 4.79 Å². The van der Waals surface area contributed by atoms with Crippen LogP contribution in [0.15, 0.2) is 36.5 Å². The van der Waals surface area contributed by atoms with Gasteiger partial charge in [0.25, 0.3) is 5.91 Å². The fraction of sp³-hybridized carbons (Fsp3) is 0.0833. The molecule has 2 rings (SSSR count). The number of rotatable bonds is 2. The van der Waals surface area contributed by atoms with Crippen molar-refractivity contribution >= 4 is 17.5 Å². The SMILES string of the molecule is CNC(=O)c1ccnc(-c2cccc(Cl)n2)c1. The van der Waals surface area contributed by atoms with Crippen molar-refractivity contribution in [2.24, 2.45) is 0 Å². The molecule has 0 aliphatic rings. The van der Waals surface area contributed by atoms with E-state index in [-0.39, 0.29) is 5.91 Å². The van der Waals surface area contributed by atoms with Crippen molar-refractivity contribution in [3.63, 3.8) is 0 Å². The maximum Gasteiger partial charge on any atom is 0.251 e. The minimum atomic E-state index is -0.157. The van der Waals surface area contributed by atoms with E-state index in [2.05, 4.69) is 15.3 Å². The second-order valence-corrected chi connectivity index (χ2v) is 3.74. The first-order valence-corrected chi connectivity index (χ1v) is 5.39. The van der Waals surface area contributed by atoms with Crippen LogP contribution in [0.2, 0.25) is 5.15 Å². The zero-order chi connectivity index (χ0) is 12.3. The number of halogens is 1. The normalized spacial score (nSPS) is 10.0. The molecule has 1 N–H and O–H groups in total. The molecular weight excluding hydrogens is 238 g/mol. The number of carbonyl (C=O) groups is 1. The van der Waals surface area contributed by atoms with E-state index >= 15 is 0 Å². The van der Waals surface area contributed by atoms with Gasteiger partial charge in [-0.3, -0.25) is 9.78 Å². The van der Waals surface area contributed by atoms with E-state index in [1.54, 1.807) is 43.6 Å². The highest BCUT2D eigenvalue weighted by atomic mass is 35.5. The number of hydrogen-bond acceptors (Lipinski definition) is 3. The largest absolute Gasteiger partial charge is 0.355 e. The molecule has 0 saturated carbocycles. The Kier molecular flexibility index (Phi) is 3.35. The van der Waals surface area contributed by atoms with Crippen LogP contribution in [0.25, 0.3) is 11.4 Å². The Morgan fingerprint density at radius 1 is 1.29 bits per heavy atom. The third-order valence-corrected chi connectivity index (χ3v) is 2.44. The van der Waals surface area contributed by atoms with Gasteiger partial charge in [0, 0.05) is 18.8 Å². The molecule has 86 valence electrons. The minimum Gasteiger partial charge on any atom is -0.355 e. The van der Waals surface area contributed by atoms with Gasteiger partial charge in [-0.1, -0.05) is 17.7 Å². The standard InChI is InChI=1S/C12H10ClN3O/c1-14-12(17)8-5-6-15-10(7-8)9-3-2-4-11(13)16-9/h2-7H,1H3,(H,14,17). The van der Waals surface area contributed by atoms with E-state index in [1.807, 2.05) is 0 Å². The van der Waals surface area contributed by atoms with Crippen molar-refractivity contribution < 1.29 is 4.79 Å². The molecular formula is C12H10ClN3O. The fourth-order valence-corrected chi connectivity index (χ4v) is 1.57. The van der Waals surface area contributed by atoms with Gasteiger partial charge in [-0.05, 0) is 24.3 Å². The summed E-state index contributed by atoms with van der Waals surface area (Å²) in [5.74, 6) is -0.157. The van der Waals surface area contributed by atoms with Gasteiger partial charge in [-0.15, -0.1) is 0 Å². The zero-order valence-electron chi connectivity index (χ0n) is 9.14. The van der Waals surface area contributed by atoms with Crippen LogP contribution in [0.3, 0.4) is 0 Å². The lowest BCUT2D eigenvalue weighted by atomic mass is 10.2. The number of carbonyl (C=O) groups excluding carboxylic acids is 1. The minimum absolute atomic E-state index is 0.157. The highest BCUT2D eigenvalue weighted by Crippen LogP contribution is 2.17. The Hall–Kier alpha value is -1.94. The molecule has 0 aliphatic carbocycles. The summed E-state index contributed by atoms with van der Waals surface area (Å²) in [7, 11) is 1.58. The predicted molar refractivity (Wildman–Crippen MR) is 65.9 cm³/mol. The quantitative estimate of drug-likeness (QED) is 0.828. The van der Waals surface area contributed by atoms with E-state index in [0.29, 0.717) is 22.1 Å². The number of pyridine rings is 2. The predicted octanol–water partition coefficient (Wildman–Crippen LogP) is 2.16. The van der Waals surface area contributed by atoms with Crippen molar-refractivity contribution in [1.29, 1.82) is 0 Å². The second-order valence-electron chi connectivity index (χ2n) is 3.35. The van der Waals surface area contributed by atoms with E-state index in [4.69, 9.17) is 11.6 Å². The van der Waals surface area contributed by atoms with Crippen molar-refractivity contribution in [2.75, 3.05) is 7.05 Å². The van der Waals surface area contributed by atoms with Crippen LogP contribution in [0.4, 0.5) is 0 Å². The van der Waals surface area contributed by atoms with Crippen molar-refractivity contribution in [1.82, 2.24) is 15.3 Å². The lowest BCUT2D eigenvalue weighted by Crippen LogP contribution is -2.17. The van der Waals surface area contributed by atoms with Crippen LogP contribution < -0.4 is 5.32 Å². The van der Waals surface area contributed by atoms with Gasteiger partial charge in [0.2, 0.25) is 0 Å². The van der Waals surface area contributed by atoms with Crippen LogP contribution in [-0.2, 0) is 0 Å². The Morgan fingerprint density at radius 3 is 2.82 bits per heavy atom. The smallest absolute Gasteiger partial charge is 0.251 e. The first-order chi connectivity index (χ1) is 8.20. The molecule has 2 aromatic rings. The molecule has 5 heteroatoms. The molecule has 2 aromatic heterocycles. The number of hydrogen-bond donors (Lipinski definition) is 1. The number of nitrogens with zero attached hydrogens (tertiary/aromatic N) is 2. The number of aromatic nitrogens is 2. The summed E-state index contributed by atoms with van der Waals surface area (Å²) >= 11 is 5.81. The number of nitrogens with one attached hydrogen (secondary N) is 1. The molecule has 0 fully saturated rings. The van der Waals surface area contributed by atoms with Crippen LogP contribution in [0.1, 0.15) is 10.4 Å². The van der Waals surface area contributed by atoms with Crippen LogP contribution >= 0.6 is 11.6 Å². The van der Waals surface area contributed by atoms with Gasteiger partial charge < -0.3 is 5.32 Å². The highest BCUT2D eigenvalue weighted by Gasteiger charge is 2.07. The molecule has 0 unspecified atom stereocenters. The summed E-state index contributed by atoms with van der Waals surface area (Å²) < 4.78 is 0. The summed E-state index contributed by atoms with van der Waals surface area (Å²) in [5.41, 5.74) is 1.80. The Morgan fingerprint density at radius 2 is 2.12 bits per heavy atom. The third-order valence-electron chi connectivity index (χ3n) is 2.23. The van der Waals surface area contributed by atoms with Crippen molar-refractivity contribution in [3.05, 3.63) is 47.2 Å². The third kappa shape index (κ3) is 2.60. The van der Waals surface area contributed by atoms with Crippen LogP contribution in [-0.4, -0.2) is 22.9 Å². The molecule has 0 spiro atoms. The monoisotopic (exact) mass is 247 g/mol. The Balaban J connectivity index is 2.43. The topological polar surface area (TPSA) is 54.9 Å². The molecule has 0 radical (unpaired) electrons. The van der Waals surface area contributed by atoms with Gasteiger partial charge >= 0.3 is 0 Å². The Labute approximate surface area is 104 Å². The maximum absolute atomic E-state index is 11.5. The second kappa shape index (κ2) is 4.93. The summed E-state index contributed by atoms with van der Waals surface area (Å²) in [6.07, 6.45) is 1.57. The summed E-state index contributed by atoms with van der Waals surface area (Å²) in [6, 6.07) is 8.60. The average molecular weight is 248 g/mol. The fourth-order valence-electron chi connectivity index (χ4n) is 1.41. The van der Waals surface area contributed by atoms with Gasteiger partial charge in [0.05, 0.1) is 11.4 Å². The summed E-state index contributed by atoms with van der Waals surface area (Å²) in [5, 5.41) is 2.96. The number of amides is 1. The molecule has 17 heavy (non-hydrogen) atoms. The molecule has 0 bridgehead atoms. The van der Waals surface area contributed by atoms with Crippen LogP contribution in [0.5, 0.6) is 0 Å². The molecule has 2 heterocycles. The first kappa shape index (κ1) is 11.5. The van der Waals surface area contributed by atoms with Crippen molar-refractivity contribution in [2.45, 2.75) is 0 Å². The lowest BCUT2D eigenvalue weighted by Gasteiger charge is -2.03. The zero-order valence-corrected chi connectivity index (χ0v) is 9.90. The van der Waals surface area contributed by atoms with Gasteiger partial charge in [-0.2, -0.15) is 0 Å². The lowest BCUT2D eigenvalue weighted by molar-refractivity contribution is 0.0963. The first-order valence-electron chi connectivity index (χ1n) is 5.02. The highest BCUT2D eigenvalue weighted by molar-refractivity contribution is 6.29. The van der Waals surface area contributed by atoms with Crippen LogP contribution in [0, 0.1) is 0 Å². The van der Waals surface area contributed by atoms with Crippen molar-refractivity contribution in [3.8, 4) is 11.4 Å². The van der Waals surface area contributed by atoms with E-state index in [1.165, 1.54) is 0 Å². The summed E-state index contributed by atoms with van der Waals surface area (Å²) in [4.78, 5) is 19.8. The van der Waals surface area contributed by atoms with Gasteiger partial charge in [-0.25, -0.2) is 4.98 Å². The molecule has 0 saturated heterocycles. The average Bonchev–Trinajstić information content (AvgIpc) is 2.38. The summed E-state index contributed by atoms with van der Waals surface area (Å²) in [6.45, 7) is 0. The maximum atomic E-state index is 11.5. The van der Waals surface area contributed by atoms with Gasteiger partial charge in [0.15, 0.2) is 0 Å². The Bertz CT molecular complexity index is 557. The molecule has 1 amide bonds. The molecule has 0 aliphatic heterocycles. The van der Waals surface area contributed by atoms with Gasteiger partial charge in [0.1, 0.15) is 5.15 Å². The van der Waals surface area contributed by atoms with E-state index in [0.717, 1.165) is 0 Å². The molecule has 0 aromatic carbocycles. The molecule has 4 nitrogen and oxygen atoms in total. The van der Waals surface area contributed by atoms with E-state index < -0.39 is 0 Å².